The van der Waals surface area contributed by atoms with E-state index >= 15 is 0 Å². The summed E-state index contributed by atoms with van der Waals surface area (Å²) < 4.78 is 1.54. The number of carbonyl (C=O) groups excluding carboxylic acids is 2. The summed E-state index contributed by atoms with van der Waals surface area (Å²) in [6.45, 7) is 7.05. The minimum atomic E-state index is -0.188. The average Bonchev–Trinajstić information content (AvgIpc) is 2.92. The molecule has 1 aliphatic rings. The smallest absolute Gasteiger partial charge is 0.262 e. The van der Waals surface area contributed by atoms with Gasteiger partial charge in [0.15, 0.2) is 5.16 Å². The maximum Gasteiger partial charge on any atom is 0.262 e. The number of carbonyl (C=O) groups is 2. The number of fused-ring (bicyclic) bond motifs is 1. The van der Waals surface area contributed by atoms with Gasteiger partial charge in [-0.05, 0) is 37.6 Å². The summed E-state index contributed by atoms with van der Waals surface area (Å²) in [5.74, 6) is 0.0775. The van der Waals surface area contributed by atoms with Crippen molar-refractivity contribution in [1.82, 2.24) is 19.8 Å². The van der Waals surface area contributed by atoms with Crippen molar-refractivity contribution >= 4 is 40.2 Å². The first kappa shape index (κ1) is 25.8. The molecule has 2 aromatic carbocycles. The minimum absolute atomic E-state index is 0.0215. The quantitative estimate of drug-likeness (QED) is 0.354. The summed E-state index contributed by atoms with van der Waals surface area (Å²) in [5, 5.41) is 3.91. The second-order valence-electron chi connectivity index (χ2n) is 8.99. The van der Waals surface area contributed by atoms with E-state index in [4.69, 9.17) is 0 Å². The van der Waals surface area contributed by atoms with Crippen LogP contribution in [0.1, 0.15) is 26.7 Å². The Morgan fingerprint density at radius 2 is 1.72 bits per heavy atom. The van der Waals surface area contributed by atoms with Gasteiger partial charge < -0.3 is 15.1 Å². The van der Waals surface area contributed by atoms with Crippen LogP contribution in [0.5, 0.6) is 0 Å². The van der Waals surface area contributed by atoms with E-state index in [1.54, 1.807) is 22.8 Å². The van der Waals surface area contributed by atoms with Crippen LogP contribution in [-0.4, -0.2) is 64.2 Å². The van der Waals surface area contributed by atoms with E-state index in [0.29, 0.717) is 29.1 Å². The van der Waals surface area contributed by atoms with Crippen LogP contribution in [0.3, 0.4) is 0 Å². The van der Waals surface area contributed by atoms with Crippen molar-refractivity contribution in [3.05, 3.63) is 65.0 Å². The van der Waals surface area contributed by atoms with Gasteiger partial charge in [0.05, 0.1) is 16.7 Å². The summed E-state index contributed by atoms with van der Waals surface area (Å²) in [4.78, 5) is 47.4. The molecule has 190 valence electrons. The Kier molecular flexibility index (Phi) is 8.64. The Hall–Kier alpha value is -3.33. The van der Waals surface area contributed by atoms with Gasteiger partial charge in [-0.1, -0.05) is 49.0 Å². The molecule has 1 saturated heterocycles. The van der Waals surface area contributed by atoms with Gasteiger partial charge in [-0.25, -0.2) is 4.98 Å². The van der Waals surface area contributed by atoms with Crippen LogP contribution in [0, 0.1) is 0 Å². The Morgan fingerprint density at radius 1 is 1.03 bits per heavy atom. The summed E-state index contributed by atoms with van der Waals surface area (Å²) in [7, 11) is 0. The standard InChI is InChI=1S/C27H33N5O3S/c1-3-20(2)28-24(33)19-36-27-29-23-12-8-7-11-22(23)26(35)32(27)14-13-25(34)31-17-15-30(16-18-31)21-9-5-4-6-10-21/h4-12,20H,3,13-19H2,1-2H3,(H,28,33). The van der Waals surface area contributed by atoms with Crippen LogP contribution >= 0.6 is 11.8 Å². The minimum Gasteiger partial charge on any atom is -0.368 e. The highest BCUT2D eigenvalue weighted by atomic mass is 32.2. The zero-order valence-corrected chi connectivity index (χ0v) is 21.7. The first-order chi connectivity index (χ1) is 17.5. The first-order valence-corrected chi connectivity index (χ1v) is 13.4. The number of aromatic nitrogens is 2. The highest BCUT2D eigenvalue weighted by Gasteiger charge is 2.22. The first-order valence-electron chi connectivity index (χ1n) is 12.5. The molecule has 36 heavy (non-hydrogen) atoms. The van der Waals surface area contributed by atoms with Crippen molar-refractivity contribution in [3.63, 3.8) is 0 Å². The predicted molar refractivity (Wildman–Crippen MR) is 144 cm³/mol. The third kappa shape index (κ3) is 6.26. The molecule has 4 rings (SSSR count). The lowest BCUT2D eigenvalue weighted by atomic mass is 10.2. The third-order valence-electron chi connectivity index (χ3n) is 6.48. The lowest BCUT2D eigenvalue weighted by Gasteiger charge is -2.36. The topological polar surface area (TPSA) is 87.5 Å². The summed E-state index contributed by atoms with van der Waals surface area (Å²) >= 11 is 1.23. The molecule has 0 aliphatic carbocycles. The van der Waals surface area contributed by atoms with Crippen molar-refractivity contribution in [3.8, 4) is 0 Å². The van der Waals surface area contributed by atoms with E-state index in [1.807, 2.05) is 43.0 Å². The number of para-hydroxylation sites is 2. The van der Waals surface area contributed by atoms with E-state index in [0.717, 1.165) is 25.2 Å². The van der Waals surface area contributed by atoms with Gasteiger partial charge in [0.2, 0.25) is 11.8 Å². The van der Waals surface area contributed by atoms with E-state index in [-0.39, 0.29) is 42.1 Å². The highest BCUT2D eigenvalue weighted by molar-refractivity contribution is 7.99. The molecule has 2 heterocycles. The van der Waals surface area contributed by atoms with Crippen LogP contribution in [0.25, 0.3) is 10.9 Å². The maximum absolute atomic E-state index is 13.3. The third-order valence-corrected chi connectivity index (χ3v) is 7.46. The predicted octanol–water partition coefficient (Wildman–Crippen LogP) is 3.14. The van der Waals surface area contributed by atoms with Gasteiger partial charge in [-0.15, -0.1) is 0 Å². The molecule has 8 nitrogen and oxygen atoms in total. The molecular formula is C27H33N5O3S. The van der Waals surface area contributed by atoms with Crippen LogP contribution in [-0.2, 0) is 16.1 Å². The summed E-state index contributed by atoms with van der Waals surface area (Å²) in [5.41, 5.74) is 1.57. The molecule has 1 aliphatic heterocycles. The molecule has 3 aromatic rings. The molecule has 2 amide bonds. The SMILES string of the molecule is CCC(C)NC(=O)CSc1nc2ccccc2c(=O)n1CCC(=O)N1CCN(c2ccccc2)CC1. The second-order valence-corrected chi connectivity index (χ2v) is 9.93. The van der Waals surface area contributed by atoms with Crippen molar-refractivity contribution in [1.29, 1.82) is 0 Å². The molecule has 9 heteroatoms. The number of benzene rings is 2. The fourth-order valence-corrected chi connectivity index (χ4v) is 5.06. The van der Waals surface area contributed by atoms with Gasteiger partial charge in [0, 0.05) is 50.9 Å². The number of hydrogen-bond acceptors (Lipinski definition) is 6. The molecule has 1 unspecified atom stereocenters. The molecule has 1 atom stereocenters. The number of amides is 2. The molecule has 0 bridgehead atoms. The van der Waals surface area contributed by atoms with E-state index in [9.17, 15) is 14.4 Å². The maximum atomic E-state index is 13.3. The van der Waals surface area contributed by atoms with Crippen LogP contribution in [0.15, 0.2) is 64.5 Å². The van der Waals surface area contributed by atoms with E-state index < -0.39 is 0 Å². The van der Waals surface area contributed by atoms with Crippen LogP contribution < -0.4 is 15.8 Å². The monoisotopic (exact) mass is 507 g/mol. The molecule has 0 spiro atoms. The Morgan fingerprint density at radius 3 is 2.44 bits per heavy atom. The van der Waals surface area contributed by atoms with E-state index in [1.165, 1.54) is 11.8 Å². The van der Waals surface area contributed by atoms with Crippen LogP contribution in [0.4, 0.5) is 5.69 Å². The number of nitrogens with one attached hydrogen (secondary N) is 1. The lowest BCUT2D eigenvalue weighted by Crippen LogP contribution is -2.49. The fraction of sp³-hybridized carbons (Fsp3) is 0.407. The normalized spacial score (nSPS) is 14.6. The van der Waals surface area contributed by atoms with Crippen molar-refractivity contribution in [2.24, 2.45) is 0 Å². The number of rotatable bonds is 9. The number of piperazine rings is 1. The fourth-order valence-electron chi connectivity index (χ4n) is 4.22. The molecule has 1 aromatic heterocycles. The van der Waals surface area contributed by atoms with Crippen LogP contribution in [0.2, 0.25) is 0 Å². The molecule has 0 saturated carbocycles. The summed E-state index contributed by atoms with van der Waals surface area (Å²) in [6, 6.07) is 17.5. The molecular weight excluding hydrogens is 474 g/mol. The van der Waals surface area contributed by atoms with Crippen molar-refractivity contribution < 1.29 is 9.59 Å². The Bertz CT molecular complexity index is 1260. The van der Waals surface area contributed by atoms with Crippen molar-refractivity contribution in [2.45, 2.75) is 44.4 Å². The zero-order chi connectivity index (χ0) is 25.5. The molecule has 1 fully saturated rings. The van der Waals surface area contributed by atoms with Gasteiger partial charge in [-0.3, -0.25) is 19.0 Å². The number of hydrogen-bond donors (Lipinski definition) is 1. The number of anilines is 1. The van der Waals surface area contributed by atoms with Gasteiger partial charge in [-0.2, -0.15) is 0 Å². The number of nitrogens with zero attached hydrogens (tertiary/aromatic N) is 4. The largest absolute Gasteiger partial charge is 0.368 e. The lowest BCUT2D eigenvalue weighted by molar-refractivity contribution is -0.131. The average molecular weight is 508 g/mol. The second kappa shape index (κ2) is 12.1. The Labute approximate surface area is 215 Å². The summed E-state index contributed by atoms with van der Waals surface area (Å²) in [6.07, 6.45) is 1.05. The number of thioether (sulfide) groups is 1. The van der Waals surface area contributed by atoms with E-state index in [2.05, 4.69) is 27.3 Å². The zero-order valence-electron chi connectivity index (χ0n) is 20.9. The molecule has 0 radical (unpaired) electrons. The molecule has 1 N–H and O–H groups in total. The Balaban J connectivity index is 1.43. The van der Waals surface area contributed by atoms with Gasteiger partial charge in [0.1, 0.15) is 0 Å². The highest BCUT2D eigenvalue weighted by Crippen LogP contribution is 2.19. The van der Waals surface area contributed by atoms with Crippen molar-refractivity contribution in [2.75, 3.05) is 36.8 Å². The van der Waals surface area contributed by atoms with Gasteiger partial charge >= 0.3 is 0 Å². The van der Waals surface area contributed by atoms with Gasteiger partial charge in [0.25, 0.3) is 5.56 Å².